The van der Waals surface area contributed by atoms with Crippen LogP contribution in [0.5, 0.6) is 11.5 Å². The molecule has 2 nitrogen and oxygen atoms in total. The van der Waals surface area contributed by atoms with Crippen molar-refractivity contribution in [3.63, 3.8) is 0 Å². The minimum Gasteiger partial charge on any atom is -0.505 e. The molecule has 0 saturated heterocycles. The van der Waals surface area contributed by atoms with Crippen molar-refractivity contribution in [2.75, 3.05) is 6.61 Å². The highest BCUT2D eigenvalue weighted by molar-refractivity contribution is 5.65. The second kappa shape index (κ2) is 12.8. The van der Waals surface area contributed by atoms with Crippen LogP contribution in [0.4, 0.5) is 17.6 Å². The molecule has 0 bridgehead atoms. The van der Waals surface area contributed by atoms with Crippen molar-refractivity contribution in [2.45, 2.75) is 65.0 Å². The van der Waals surface area contributed by atoms with Gasteiger partial charge in [0.1, 0.15) is 12.0 Å². The number of phenolic OH excluding ortho intramolecular Hbond substituents is 1. The van der Waals surface area contributed by atoms with Crippen molar-refractivity contribution in [1.29, 1.82) is 0 Å². The molecule has 3 aromatic carbocycles. The average Bonchev–Trinajstić information content (AvgIpc) is 2.87. The second-order valence-electron chi connectivity index (χ2n) is 9.36. The molecule has 6 heteroatoms. The molecule has 1 atom stereocenters. The minimum atomic E-state index is -1.10. The van der Waals surface area contributed by atoms with Gasteiger partial charge in [0.15, 0.2) is 23.1 Å². The Kier molecular flexibility index (Phi) is 9.80. The Labute approximate surface area is 210 Å². The predicted octanol–water partition coefficient (Wildman–Crippen LogP) is 9.28. The van der Waals surface area contributed by atoms with Gasteiger partial charge in [-0.25, -0.2) is 17.6 Å². The van der Waals surface area contributed by atoms with Crippen LogP contribution in [0.1, 0.15) is 76.1 Å². The van der Waals surface area contributed by atoms with E-state index in [0.29, 0.717) is 35.6 Å². The van der Waals surface area contributed by atoms with Crippen LogP contribution < -0.4 is 4.74 Å². The third-order valence-electron chi connectivity index (χ3n) is 6.71. The summed E-state index contributed by atoms with van der Waals surface area (Å²) in [5.41, 5.74) is 2.34. The van der Waals surface area contributed by atoms with Crippen LogP contribution in [0.2, 0.25) is 0 Å². The van der Waals surface area contributed by atoms with Gasteiger partial charge >= 0.3 is 0 Å². The monoisotopic (exact) mass is 502 g/mol. The summed E-state index contributed by atoms with van der Waals surface area (Å²) in [5.74, 6) is -0.591. The van der Waals surface area contributed by atoms with Gasteiger partial charge in [-0.3, -0.25) is 0 Å². The lowest BCUT2D eigenvalue weighted by molar-refractivity contribution is 0.315. The van der Waals surface area contributed by atoms with Crippen molar-refractivity contribution in [3.8, 4) is 22.6 Å². The lowest BCUT2D eigenvalue weighted by Crippen LogP contribution is -2.12. The van der Waals surface area contributed by atoms with Crippen LogP contribution in [0.25, 0.3) is 11.1 Å². The maximum absolute atomic E-state index is 14.5. The van der Waals surface area contributed by atoms with Crippen LogP contribution in [0, 0.1) is 23.4 Å². The molecule has 0 heterocycles. The Morgan fingerprint density at radius 1 is 0.833 bits per heavy atom. The first-order valence-electron chi connectivity index (χ1n) is 12.6. The van der Waals surface area contributed by atoms with Crippen LogP contribution >= 0.6 is 0 Å². The molecule has 36 heavy (non-hydrogen) atoms. The van der Waals surface area contributed by atoms with E-state index in [1.807, 2.05) is 12.1 Å². The van der Waals surface area contributed by atoms with E-state index in [0.717, 1.165) is 37.2 Å². The van der Waals surface area contributed by atoms with Gasteiger partial charge in [0.05, 0.1) is 6.61 Å². The van der Waals surface area contributed by atoms with Crippen LogP contribution in [0.15, 0.2) is 54.6 Å². The normalized spacial score (nSPS) is 18.2. The smallest absolute Gasteiger partial charge is 0.165 e. The summed E-state index contributed by atoms with van der Waals surface area (Å²) in [5, 5.41) is 9.23. The molecule has 0 aromatic heterocycles. The first kappa shape index (κ1) is 27.6. The molecule has 194 valence electrons. The number of alkyl halides is 1. The third kappa shape index (κ3) is 7.02. The molecular formula is C30H34F4O2. The average molecular weight is 503 g/mol. The predicted molar refractivity (Wildman–Crippen MR) is 136 cm³/mol. The Balaban J connectivity index is 0.000000223. The first-order valence-corrected chi connectivity index (χ1v) is 12.6. The molecule has 0 radical (unpaired) electrons. The van der Waals surface area contributed by atoms with Gasteiger partial charge in [0.25, 0.3) is 0 Å². The molecule has 1 aliphatic carbocycles. The van der Waals surface area contributed by atoms with Crippen molar-refractivity contribution < 1.29 is 27.4 Å². The highest BCUT2D eigenvalue weighted by Crippen LogP contribution is 2.37. The summed E-state index contributed by atoms with van der Waals surface area (Å²) in [4.78, 5) is 0. The van der Waals surface area contributed by atoms with E-state index in [2.05, 4.69) is 6.92 Å². The topological polar surface area (TPSA) is 29.5 Å². The molecule has 0 spiro atoms. The zero-order chi connectivity index (χ0) is 26.2. The zero-order valence-electron chi connectivity index (χ0n) is 21.0. The number of halogens is 4. The fourth-order valence-corrected chi connectivity index (χ4v) is 4.52. The van der Waals surface area contributed by atoms with E-state index >= 15 is 0 Å². The van der Waals surface area contributed by atoms with E-state index < -0.39 is 23.6 Å². The van der Waals surface area contributed by atoms with E-state index in [4.69, 9.17) is 4.74 Å². The summed E-state index contributed by atoms with van der Waals surface area (Å²) in [6.07, 6.45) is 3.62. The Morgan fingerprint density at radius 3 is 2.03 bits per heavy atom. The van der Waals surface area contributed by atoms with Crippen molar-refractivity contribution in [3.05, 3.63) is 83.2 Å². The van der Waals surface area contributed by atoms with Gasteiger partial charge < -0.3 is 9.84 Å². The van der Waals surface area contributed by atoms with Crippen molar-refractivity contribution in [2.24, 2.45) is 5.92 Å². The van der Waals surface area contributed by atoms with Gasteiger partial charge in [-0.2, -0.15) is 0 Å². The summed E-state index contributed by atoms with van der Waals surface area (Å²) in [6, 6.07) is 13.5. The number of aromatic hydroxyl groups is 1. The summed E-state index contributed by atoms with van der Waals surface area (Å²) in [7, 11) is 0. The van der Waals surface area contributed by atoms with Gasteiger partial charge in [0.2, 0.25) is 0 Å². The molecule has 1 saturated carbocycles. The largest absolute Gasteiger partial charge is 0.505 e. The highest BCUT2D eigenvalue weighted by atomic mass is 19.1. The summed E-state index contributed by atoms with van der Waals surface area (Å²) in [6.45, 7) is 6.15. The number of phenols is 1. The Hall–Kier alpha value is -3.02. The van der Waals surface area contributed by atoms with E-state index in [1.54, 1.807) is 26.0 Å². The summed E-state index contributed by atoms with van der Waals surface area (Å²) >= 11 is 0. The molecular weight excluding hydrogens is 468 g/mol. The number of benzene rings is 3. The third-order valence-corrected chi connectivity index (χ3v) is 6.71. The van der Waals surface area contributed by atoms with Gasteiger partial charge in [0, 0.05) is 0 Å². The maximum atomic E-state index is 14.5. The number of hydrogen-bond donors (Lipinski definition) is 1. The van der Waals surface area contributed by atoms with Crippen LogP contribution in [-0.2, 0) is 0 Å². The maximum Gasteiger partial charge on any atom is 0.165 e. The molecule has 1 N–H and O–H groups in total. The van der Waals surface area contributed by atoms with Gasteiger partial charge in [-0.1, -0.05) is 51.0 Å². The summed E-state index contributed by atoms with van der Waals surface area (Å²) < 4.78 is 59.3. The van der Waals surface area contributed by atoms with Gasteiger partial charge in [-0.15, -0.1) is 0 Å². The molecule has 3 aromatic rings. The lowest BCUT2D eigenvalue weighted by Gasteiger charge is -2.26. The van der Waals surface area contributed by atoms with E-state index in [-0.39, 0.29) is 11.6 Å². The number of hydrogen-bond acceptors (Lipinski definition) is 2. The van der Waals surface area contributed by atoms with Crippen LogP contribution in [-0.4, -0.2) is 11.7 Å². The molecule has 1 unspecified atom stereocenters. The molecule has 4 rings (SSSR count). The van der Waals surface area contributed by atoms with Crippen molar-refractivity contribution >= 4 is 0 Å². The number of rotatable bonds is 6. The quantitative estimate of drug-likeness (QED) is 0.340. The van der Waals surface area contributed by atoms with E-state index in [1.165, 1.54) is 30.3 Å². The number of ether oxygens (including phenoxy) is 1. The minimum absolute atomic E-state index is 0.180. The fourth-order valence-electron chi connectivity index (χ4n) is 4.52. The Morgan fingerprint density at radius 2 is 1.47 bits per heavy atom. The fraction of sp³-hybridized carbons (Fsp3) is 0.400. The second-order valence-corrected chi connectivity index (χ2v) is 9.36. The zero-order valence-corrected chi connectivity index (χ0v) is 21.0. The highest BCUT2D eigenvalue weighted by Gasteiger charge is 2.22. The SMILES string of the molecule is CC1CCC(c2ccc(-c3ccc(O)c(F)c3)cc2F)CC1.CCOc1ccc(C(F)CC)cc1F. The molecule has 0 aliphatic heterocycles. The lowest BCUT2D eigenvalue weighted by atomic mass is 9.79. The molecule has 0 amide bonds. The first-order chi connectivity index (χ1) is 17.2. The van der Waals surface area contributed by atoms with Gasteiger partial charge in [-0.05, 0) is 90.6 Å². The standard InChI is InChI=1S/C19H20F2O.C11H14F2O/c1-12-2-4-13(5-3-12)16-8-6-14(10-17(16)20)15-7-9-19(22)18(21)11-15;1-3-9(12)8-5-6-11(14-4-2)10(13)7-8/h6-13,22H,2-5H2,1H3;5-7,9H,3-4H2,1-2H3. The van der Waals surface area contributed by atoms with E-state index in [9.17, 15) is 22.7 Å². The Bertz CT molecular complexity index is 1140. The van der Waals surface area contributed by atoms with Crippen LogP contribution in [0.3, 0.4) is 0 Å². The molecule has 1 fully saturated rings. The molecule has 1 aliphatic rings. The van der Waals surface area contributed by atoms with Crippen molar-refractivity contribution in [1.82, 2.24) is 0 Å².